The lowest BCUT2D eigenvalue weighted by Gasteiger charge is -2.29. The van der Waals surface area contributed by atoms with Gasteiger partial charge in [0.1, 0.15) is 0 Å². The van der Waals surface area contributed by atoms with Crippen LogP contribution in [-0.4, -0.2) is 43.2 Å². The van der Waals surface area contributed by atoms with Gasteiger partial charge in [0.15, 0.2) is 0 Å². The van der Waals surface area contributed by atoms with E-state index >= 15 is 0 Å². The molecule has 0 radical (unpaired) electrons. The van der Waals surface area contributed by atoms with Crippen LogP contribution in [-0.2, 0) is 9.53 Å². The fourth-order valence-corrected chi connectivity index (χ4v) is 2.18. The van der Waals surface area contributed by atoms with Gasteiger partial charge in [0.25, 0.3) is 0 Å². The van der Waals surface area contributed by atoms with Crippen LogP contribution in [0.5, 0.6) is 0 Å². The van der Waals surface area contributed by atoms with E-state index in [2.05, 4.69) is 6.92 Å². The number of rotatable bonds is 4. The van der Waals surface area contributed by atoms with Crippen LogP contribution in [0.25, 0.3) is 0 Å². The molecule has 4 heteroatoms. The minimum absolute atomic E-state index is 0.0893. The van der Waals surface area contributed by atoms with Gasteiger partial charge in [0.2, 0.25) is 5.91 Å². The summed E-state index contributed by atoms with van der Waals surface area (Å²) in [5.74, 6) is 0.0893. The summed E-state index contributed by atoms with van der Waals surface area (Å²) >= 11 is 0. The molecule has 2 N–H and O–H groups in total. The molecule has 2 unspecified atom stereocenters. The van der Waals surface area contributed by atoms with E-state index in [0.29, 0.717) is 19.1 Å². The number of hydrogen-bond donors (Lipinski definition) is 1. The molecule has 16 heavy (non-hydrogen) atoms. The zero-order valence-electron chi connectivity index (χ0n) is 10.4. The summed E-state index contributed by atoms with van der Waals surface area (Å²) in [7, 11) is 1.63. The van der Waals surface area contributed by atoms with Crippen molar-refractivity contribution in [2.75, 3.05) is 20.3 Å². The Morgan fingerprint density at radius 3 is 2.94 bits per heavy atom. The van der Waals surface area contributed by atoms with Crippen molar-refractivity contribution < 1.29 is 9.53 Å². The number of nitrogens with zero attached hydrogens (tertiary/aromatic N) is 1. The van der Waals surface area contributed by atoms with E-state index in [1.807, 2.05) is 4.90 Å². The van der Waals surface area contributed by atoms with Crippen LogP contribution in [0.15, 0.2) is 0 Å². The van der Waals surface area contributed by atoms with Crippen molar-refractivity contribution in [3.8, 4) is 0 Å². The number of nitrogens with two attached hydrogens (primary N) is 1. The third-order valence-corrected chi connectivity index (χ3v) is 3.29. The molecule has 1 saturated heterocycles. The first-order valence-electron chi connectivity index (χ1n) is 6.21. The number of methoxy groups -OCH3 is 1. The molecular formula is C12H24N2O2. The van der Waals surface area contributed by atoms with E-state index in [-0.39, 0.29) is 5.91 Å². The van der Waals surface area contributed by atoms with Crippen molar-refractivity contribution in [3.63, 3.8) is 0 Å². The molecule has 0 bridgehead atoms. The summed E-state index contributed by atoms with van der Waals surface area (Å²) in [6, 6.07) is -0.0657. The minimum atomic E-state index is -0.402. The topological polar surface area (TPSA) is 55.6 Å². The Morgan fingerprint density at radius 2 is 2.25 bits per heavy atom. The van der Waals surface area contributed by atoms with Crippen LogP contribution in [0.2, 0.25) is 0 Å². The zero-order chi connectivity index (χ0) is 12.0. The van der Waals surface area contributed by atoms with E-state index < -0.39 is 6.04 Å². The number of ether oxygens (including phenoxy) is 1. The highest BCUT2D eigenvalue weighted by Crippen LogP contribution is 2.17. The molecule has 1 aliphatic rings. The standard InChI is InChI=1S/C12H24N2O2/c1-10-6-4-3-5-8-14(10)12(15)11(13)7-9-16-2/h10-11H,3-9,13H2,1-2H3. The number of carbonyl (C=O) groups excluding carboxylic acids is 1. The highest BCUT2D eigenvalue weighted by atomic mass is 16.5. The van der Waals surface area contributed by atoms with Crippen LogP contribution in [0.4, 0.5) is 0 Å². The Kier molecular flexibility index (Phi) is 5.77. The number of likely N-dealkylation sites (tertiary alicyclic amines) is 1. The Hall–Kier alpha value is -0.610. The molecule has 0 aromatic rings. The largest absolute Gasteiger partial charge is 0.385 e. The fourth-order valence-electron chi connectivity index (χ4n) is 2.18. The molecule has 1 amide bonds. The van der Waals surface area contributed by atoms with Gasteiger partial charge < -0.3 is 15.4 Å². The van der Waals surface area contributed by atoms with Crippen LogP contribution in [0.1, 0.15) is 39.0 Å². The second kappa shape index (κ2) is 6.86. The molecule has 0 spiro atoms. The van der Waals surface area contributed by atoms with Crippen LogP contribution in [0.3, 0.4) is 0 Å². The zero-order valence-corrected chi connectivity index (χ0v) is 10.4. The van der Waals surface area contributed by atoms with Crippen molar-refractivity contribution in [1.29, 1.82) is 0 Å². The van der Waals surface area contributed by atoms with Gasteiger partial charge in [-0.1, -0.05) is 12.8 Å². The lowest BCUT2D eigenvalue weighted by molar-refractivity contribution is -0.134. The highest BCUT2D eigenvalue weighted by Gasteiger charge is 2.25. The quantitative estimate of drug-likeness (QED) is 0.785. The van der Waals surface area contributed by atoms with Crippen molar-refractivity contribution in [2.24, 2.45) is 5.73 Å². The predicted octanol–water partition coefficient (Wildman–Crippen LogP) is 1.14. The van der Waals surface area contributed by atoms with Gasteiger partial charge in [-0.15, -0.1) is 0 Å². The molecule has 1 aliphatic heterocycles. The monoisotopic (exact) mass is 228 g/mol. The van der Waals surface area contributed by atoms with Crippen LogP contribution >= 0.6 is 0 Å². The van der Waals surface area contributed by atoms with E-state index in [0.717, 1.165) is 19.4 Å². The summed E-state index contributed by atoms with van der Waals surface area (Å²) in [4.78, 5) is 14.1. The maximum atomic E-state index is 12.1. The summed E-state index contributed by atoms with van der Waals surface area (Å²) in [6.07, 6.45) is 5.26. The summed E-state index contributed by atoms with van der Waals surface area (Å²) in [5, 5.41) is 0. The van der Waals surface area contributed by atoms with Gasteiger partial charge in [0.05, 0.1) is 6.04 Å². The molecular weight excluding hydrogens is 204 g/mol. The average Bonchev–Trinajstić information content (AvgIpc) is 2.49. The number of amides is 1. The first kappa shape index (κ1) is 13.5. The lowest BCUT2D eigenvalue weighted by Crippen LogP contribution is -2.48. The molecule has 2 atom stereocenters. The molecule has 1 fully saturated rings. The maximum Gasteiger partial charge on any atom is 0.239 e. The Bertz CT molecular complexity index is 221. The highest BCUT2D eigenvalue weighted by molar-refractivity contribution is 5.81. The van der Waals surface area contributed by atoms with Gasteiger partial charge in [-0.05, 0) is 26.2 Å². The summed E-state index contributed by atoms with van der Waals surface area (Å²) in [6.45, 7) is 3.53. The first-order chi connectivity index (χ1) is 7.66. The second-order valence-electron chi connectivity index (χ2n) is 4.62. The van der Waals surface area contributed by atoms with Crippen molar-refractivity contribution in [1.82, 2.24) is 4.90 Å². The third kappa shape index (κ3) is 3.76. The van der Waals surface area contributed by atoms with Crippen LogP contribution in [0, 0.1) is 0 Å². The van der Waals surface area contributed by atoms with Gasteiger partial charge in [-0.3, -0.25) is 4.79 Å². The molecule has 0 aromatic carbocycles. The Morgan fingerprint density at radius 1 is 1.50 bits per heavy atom. The first-order valence-corrected chi connectivity index (χ1v) is 6.21. The summed E-state index contributed by atoms with van der Waals surface area (Å²) in [5.41, 5.74) is 5.88. The van der Waals surface area contributed by atoms with Gasteiger partial charge in [-0.2, -0.15) is 0 Å². The van der Waals surface area contributed by atoms with Crippen LogP contribution < -0.4 is 5.73 Å². The predicted molar refractivity (Wildman–Crippen MR) is 64.1 cm³/mol. The van der Waals surface area contributed by atoms with E-state index in [1.54, 1.807) is 7.11 Å². The SMILES string of the molecule is COCCC(N)C(=O)N1CCCCCC1C. The second-order valence-corrected chi connectivity index (χ2v) is 4.62. The normalized spacial score (nSPS) is 23.9. The molecule has 1 heterocycles. The van der Waals surface area contributed by atoms with E-state index in [1.165, 1.54) is 12.8 Å². The Balaban J connectivity index is 2.49. The molecule has 0 aliphatic carbocycles. The van der Waals surface area contributed by atoms with Crippen molar-refractivity contribution in [2.45, 2.75) is 51.1 Å². The van der Waals surface area contributed by atoms with Gasteiger partial charge in [-0.25, -0.2) is 0 Å². The third-order valence-electron chi connectivity index (χ3n) is 3.29. The molecule has 0 aromatic heterocycles. The van der Waals surface area contributed by atoms with Crippen molar-refractivity contribution in [3.05, 3.63) is 0 Å². The minimum Gasteiger partial charge on any atom is -0.385 e. The smallest absolute Gasteiger partial charge is 0.239 e. The molecule has 4 nitrogen and oxygen atoms in total. The number of hydrogen-bond acceptors (Lipinski definition) is 3. The van der Waals surface area contributed by atoms with E-state index in [4.69, 9.17) is 10.5 Å². The number of carbonyl (C=O) groups is 1. The molecule has 94 valence electrons. The van der Waals surface area contributed by atoms with Crippen molar-refractivity contribution >= 4 is 5.91 Å². The Labute approximate surface area is 98.1 Å². The van der Waals surface area contributed by atoms with E-state index in [9.17, 15) is 4.79 Å². The fraction of sp³-hybridized carbons (Fsp3) is 0.917. The lowest BCUT2D eigenvalue weighted by atomic mass is 10.1. The van der Waals surface area contributed by atoms with Gasteiger partial charge >= 0.3 is 0 Å². The average molecular weight is 228 g/mol. The molecule has 1 rings (SSSR count). The summed E-state index contributed by atoms with van der Waals surface area (Å²) < 4.78 is 4.95. The molecule has 0 saturated carbocycles. The maximum absolute atomic E-state index is 12.1. The van der Waals surface area contributed by atoms with Gasteiger partial charge in [0, 0.05) is 26.3 Å².